The largest absolute Gasteiger partial charge is 0.397 e. The van der Waals surface area contributed by atoms with Gasteiger partial charge in [0.1, 0.15) is 5.69 Å². The Labute approximate surface area is 103 Å². The molecule has 86 valence electrons. The van der Waals surface area contributed by atoms with Gasteiger partial charge in [-0.3, -0.25) is 4.79 Å². The van der Waals surface area contributed by atoms with Gasteiger partial charge in [0.25, 0.3) is 5.91 Å². The van der Waals surface area contributed by atoms with Crippen LogP contribution in [0.5, 0.6) is 0 Å². The summed E-state index contributed by atoms with van der Waals surface area (Å²) in [6.45, 7) is 0. The summed E-state index contributed by atoms with van der Waals surface area (Å²) in [4.78, 5) is 15.7. The molecule has 1 aromatic heterocycles. The number of nitrogens with two attached hydrogens (primary N) is 1. The maximum atomic E-state index is 11.8. The molecule has 2 aromatic rings. The fourth-order valence-electron chi connectivity index (χ4n) is 1.31. The summed E-state index contributed by atoms with van der Waals surface area (Å²) in [5.74, 6) is -0.320. The molecule has 0 spiro atoms. The average molecular weight is 248 g/mol. The number of hydrogen-bond donors (Lipinski definition) is 2. The highest BCUT2D eigenvalue weighted by atomic mass is 35.5. The lowest BCUT2D eigenvalue weighted by Gasteiger charge is -2.06. The van der Waals surface area contributed by atoms with E-state index < -0.39 is 0 Å². The Morgan fingerprint density at radius 1 is 1.24 bits per heavy atom. The van der Waals surface area contributed by atoms with Gasteiger partial charge in [-0.1, -0.05) is 23.7 Å². The number of para-hydroxylation sites is 2. The maximum absolute atomic E-state index is 11.8. The van der Waals surface area contributed by atoms with E-state index in [1.54, 1.807) is 36.4 Å². The second-order valence-corrected chi connectivity index (χ2v) is 3.84. The van der Waals surface area contributed by atoms with Crippen molar-refractivity contribution in [1.82, 2.24) is 4.98 Å². The van der Waals surface area contributed by atoms with Gasteiger partial charge >= 0.3 is 0 Å². The molecule has 17 heavy (non-hydrogen) atoms. The minimum absolute atomic E-state index is 0.289. The first kappa shape index (κ1) is 11.4. The van der Waals surface area contributed by atoms with Gasteiger partial charge in [0.15, 0.2) is 0 Å². The van der Waals surface area contributed by atoms with Crippen LogP contribution in [-0.4, -0.2) is 10.9 Å². The third-order valence-electron chi connectivity index (χ3n) is 2.17. The number of carbonyl (C=O) groups excluding carboxylic acids is 1. The molecule has 4 nitrogen and oxygen atoms in total. The lowest BCUT2D eigenvalue weighted by atomic mass is 10.2. The van der Waals surface area contributed by atoms with Gasteiger partial charge in [-0.2, -0.15) is 0 Å². The second-order valence-electron chi connectivity index (χ2n) is 3.40. The van der Waals surface area contributed by atoms with Crippen molar-refractivity contribution in [1.29, 1.82) is 0 Å². The summed E-state index contributed by atoms with van der Waals surface area (Å²) in [6.07, 6.45) is 1.42. The Morgan fingerprint density at radius 2 is 2.00 bits per heavy atom. The number of hydrogen-bond acceptors (Lipinski definition) is 3. The molecule has 1 amide bonds. The first-order chi connectivity index (χ1) is 8.16. The Morgan fingerprint density at radius 3 is 2.65 bits per heavy atom. The fraction of sp³-hybridized carbons (Fsp3) is 0. The summed E-state index contributed by atoms with van der Waals surface area (Å²) < 4.78 is 0. The van der Waals surface area contributed by atoms with Crippen LogP contribution in [0.3, 0.4) is 0 Å². The Kier molecular flexibility index (Phi) is 3.25. The standard InChI is InChI=1S/C12H10ClN3O/c13-8-5-6-11(15-7-8)12(17)16-10-4-2-1-3-9(10)14/h1-7H,14H2,(H,16,17). The van der Waals surface area contributed by atoms with Crippen molar-refractivity contribution in [2.75, 3.05) is 11.1 Å². The van der Waals surface area contributed by atoms with E-state index in [2.05, 4.69) is 10.3 Å². The van der Waals surface area contributed by atoms with Crippen molar-refractivity contribution >= 4 is 28.9 Å². The molecule has 0 saturated heterocycles. The van der Waals surface area contributed by atoms with Crippen molar-refractivity contribution in [3.05, 3.63) is 53.3 Å². The first-order valence-corrected chi connectivity index (χ1v) is 5.32. The summed E-state index contributed by atoms with van der Waals surface area (Å²) in [6, 6.07) is 10.2. The third-order valence-corrected chi connectivity index (χ3v) is 2.39. The zero-order valence-corrected chi connectivity index (χ0v) is 9.61. The van der Waals surface area contributed by atoms with E-state index >= 15 is 0 Å². The molecule has 0 aliphatic carbocycles. The molecule has 0 radical (unpaired) electrons. The zero-order chi connectivity index (χ0) is 12.3. The van der Waals surface area contributed by atoms with Gasteiger partial charge in [-0.25, -0.2) is 4.98 Å². The van der Waals surface area contributed by atoms with E-state index in [1.165, 1.54) is 6.20 Å². The number of nitrogens with zero attached hydrogens (tertiary/aromatic N) is 1. The van der Waals surface area contributed by atoms with Crippen LogP contribution in [0.25, 0.3) is 0 Å². The molecular formula is C12H10ClN3O. The lowest BCUT2D eigenvalue weighted by molar-refractivity contribution is 0.102. The highest BCUT2D eigenvalue weighted by molar-refractivity contribution is 6.30. The van der Waals surface area contributed by atoms with Gasteiger partial charge in [0.2, 0.25) is 0 Å². The maximum Gasteiger partial charge on any atom is 0.274 e. The first-order valence-electron chi connectivity index (χ1n) is 4.94. The third kappa shape index (κ3) is 2.73. The highest BCUT2D eigenvalue weighted by Crippen LogP contribution is 2.17. The number of benzene rings is 1. The number of halogens is 1. The van der Waals surface area contributed by atoms with Gasteiger partial charge < -0.3 is 11.1 Å². The molecule has 3 N–H and O–H groups in total. The van der Waals surface area contributed by atoms with Crippen LogP contribution in [-0.2, 0) is 0 Å². The molecule has 5 heteroatoms. The molecule has 0 aliphatic heterocycles. The number of rotatable bonds is 2. The van der Waals surface area contributed by atoms with Crippen LogP contribution in [0.2, 0.25) is 5.02 Å². The molecule has 0 fully saturated rings. The Hall–Kier alpha value is -2.07. The number of pyridine rings is 1. The number of nitrogens with one attached hydrogen (secondary N) is 1. The molecule has 1 aromatic carbocycles. The van der Waals surface area contributed by atoms with Crippen molar-refractivity contribution in [3.8, 4) is 0 Å². The normalized spacial score (nSPS) is 9.94. The minimum atomic E-state index is -0.320. The smallest absolute Gasteiger partial charge is 0.274 e. The molecule has 2 rings (SSSR count). The van der Waals surface area contributed by atoms with Crippen LogP contribution >= 0.6 is 11.6 Å². The summed E-state index contributed by atoms with van der Waals surface area (Å²) in [5.41, 5.74) is 7.08. The van der Waals surface area contributed by atoms with Gasteiger partial charge in [0, 0.05) is 6.20 Å². The predicted octanol–water partition coefficient (Wildman–Crippen LogP) is 2.57. The number of carbonyl (C=O) groups is 1. The fourth-order valence-corrected chi connectivity index (χ4v) is 1.42. The molecular weight excluding hydrogens is 238 g/mol. The molecule has 1 heterocycles. The van der Waals surface area contributed by atoms with Gasteiger partial charge in [-0.05, 0) is 24.3 Å². The number of anilines is 2. The van der Waals surface area contributed by atoms with E-state index in [0.29, 0.717) is 16.4 Å². The molecule has 0 aliphatic rings. The topological polar surface area (TPSA) is 68.0 Å². The molecule has 0 unspecified atom stereocenters. The van der Waals surface area contributed by atoms with Crippen molar-refractivity contribution in [2.24, 2.45) is 0 Å². The summed E-state index contributed by atoms with van der Waals surface area (Å²) in [5, 5.41) is 3.16. The SMILES string of the molecule is Nc1ccccc1NC(=O)c1ccc(Cl)cn1. The Balaban J connectivity index is 2.17. The van der Waals surface area contributed by atoms with Crippen molar-refractivity contribution < 1.29 is 4.79 Å². The van der Waals surface area contributed by atoms with E-state index in [0.717, 1.165) is 0 Å². The molecule has 0 bridgehead atoms. The van der Waals surface area contributed by atoms with E-state index in [-0.39, 0.29) is 11.6 Å². The van der Waals surface area contributed by atoms with Crippen LogP contribution in [0, 0.1) is 0 Å². The minimum Gasteiger partial charge on any atom is -0.397 e. The van der Waals surface area contributed by atoms with Crippen LogP contribution in [0.1, 0.15) is 10.5 Å². The van der Waals surface area contributed by atoms with Crippen molar-refractivity contribution in [3.63, 3.8) is 0 Å². The van der Waals surface area contributed by atoms with E-state index in [4.69, 9.17) is 17.3 Å². The average Bonchev–Trinajstić information content (AvgIpc) is 2.33. The summed E-state index contributed by atoms with van der Waals surface area (Å²) >= 11 is 5.69. The number of aromatic nitrogens is 1. The Bertz CT molecular complexity index is 540. The van der Waals surface area contributed by atoms with Crippen molar-refractivity contribution in [2.45, 2.75) is 0 Å². The number of nitrogen functional groups attached to an aromatic ring is 1. The highest BCUT2D eigenvalue weighted by Gasteiger charge is 2.08. The van der Waals surface area contributed by atoms with Gasteiger partial charge in [-0.15, -0.1) is 0 Å². The quantitative estimate of drug-likeness (QED) is 0.802. The van der Waals surface area contributed by atoms with E-state index in [9.17, 15) is 4.79 Å². The summed E-state index contributed by atoms with van der Waals surface area (Å²) in [7, 11) is 0. The van der Waals surface area contributed by atoms with Gasteiger partial charge in [0.05, 0.1) is 16.4 Å². The zero-order valence-electron chi connectivity index (χ0n) is 8.85. The van der Waals surface area contributed by atoms with E-state index in [1.807, 2.05) is 0 Å². The second kappa shape index (κ2) is 4.84. The van der Waals surface area contributed by atoms with Crippen LogP contribution < -0.4 is 11.1 Å². The lowest BCUT2D eigenvalue weighted by Crippen LogP contribution is -2.14. The number of amides is 1. The molecule has 0 atom stereocenters. The van der Waals surface area contributed by atoms with Crippen LogP contribution in [0.4, 0.5) is 11.4 Å². The predicted molar refractivity (Wildman–Crippen MR) is 68.1 cm³/mol. The monoisotopic (exact) mass is 247 g/mol. The van der Waals surface area contributed by atoms with Crippen LogP contribution in [0.15, 0.2) is 42.6 Å². The molecule has 0 saturated carbocycles.